The summed E-state index contributed by atoms with van der Waals surface area (Å²) < 4.78 is 14.0. The van der Waals surface area contributed by atoms with Crippen LogP contribution in [0.2, 0.25) is 0 Å². The Morgan fingerprint density at radius 1 is 1.33 bits per heavy atom. The van der Waals surface area contributed by atoms with E-state index < -0.39 is 0 Å². The van der Waals surface area contributed by atoms with E-state index in [9.17, 15) is 4.39 Å². The van der Waals surface area contributed by atoms with Gasteiger partial charge < -0.3 is 5.32 Å². The van der Waals surface area contributed by atoms with Crippen LogP contribution in [-0.4, -0.2) is 11.0 Å². The molecule has 3 atom stereocenters. The van der Waals surface area contributed by atoms with Crippen molar-refractivity contribution in [3.05, 3.63) is 24.0 Å². The summed E-state index contributed by atoms with van der Waals surface area (Å²) in [6.07, 6.45) is 2.48. The Labute approximate surface area is 110 Å². The standard InChI is InChI=1S/C14H17FN2S/c1-8-3-5-11(9(8)2)16-14-17-12-6-4-10(15)7-13(12)18-14/h4,6-9,11H,3,5H2,1-2H3,(H,16,17). The molecule has 1 heterocycles. The maximum atomic E-state index is 13.1. The molecule has 4 heteroatoms. The van der Waals surface area contributed by atoms with Crippen molar-refractivity contribution < 1.29 is 4.39 Å². The minimum atomic E-state index is -0.194. The van der Waals surface area contributed by atoms with Crippen LogP contribution in [0.1, 0.15) is 26.7 Å². The lowest BCUT2D eigenvalue weighted by Gasteiger charge is -2.18. The van der Waals surface area contributed by atoms with Crippen molar-refractivity contribution in [1.29, 1.82) is 0 Å². The number of rotatable bonds is 2. The van der Waals surface area contributed by atoms with Crippen molar-refractivity contribution in [3.63, 3.8) is 0 Å². The van der Waals surface area contributed by atoms with Gasteiger partial charge in [-0.25, -0.2) is 9.37 Å². The van der Waals surface area contributed by atoms with Gasteiger partial charge in [0.25, 0.3) is 0 Å². The topological polar surface area (TPSA) is 24.9 Å². The summed E-state index contributed by atoms with van der Waals surface area (Å²) in [5, 5.41) is 4.43. The van der Waals surface area contributed by atoms with Gasteiger partial charge in [0.2, 0.25) is 0 Å². The molecule has 1 saturated carbocycles. The Bertz CT molecular complexity index is 566. The van der Waals surface area contributed by atoms with Crippen LogP contribution in [0.4, 0.5) is 9.52 Å². The van der Waals surface area contributed by atoms with Crippen LogP contribution in [0.3, 0.4) is 0 Å². The molecule has 0 bridgehead atoms. The fraction of sp³-hybridized carbons (Fsp3) is 0.500. The number of anilines is 1. The Balaban J connectivity index is 1.83. The molecular weight excluding hydrogens is 247 g/mol. The number of hydrogen-bond donors (Lipinski definition) is 1. The highest BCUT2D eigenvalue weighted by Gasteiger charge is 2.30. The number of aromatic nitrogens is 1. The zero-order chi connectivity index (χ0) is 12.7. The van der Waals surface area contributed by atoms with Gasteiger partial charge in [-0.3, -0.25) is 0 Å². The summed E-state index contributed by atoms with van der Waals surface area (Å²) in [5.74, 6) is 1.25. The van der Waals surface area contributed by atoms with Crippen LogP contribution < -0.4 is 5.32 Å². The highest BCUT2D eigenvalue weighted by Crippen LogP contribution is 2.35. The molecule has 1 aliphatic carbocycles. The molecule has 3 unspecified atom stereocenters. The van der Waals surface area contributed by atoms with Crippen molar-refractivity contribution in [1.82, 2.24) is 4.98 Å². The van der Waals surface area contributed by atoms with Crippen LogP contribution in [0.15, 0.2) is 18.2 Å². The van der Waals surface area contributed by atoms with E-state index >= 15 is 0 Å². The number of fused-ring (bicyclic) bond motifs is 1. The molecule has 2 aromatic rings. The third-order valence-electron chi connectivity index (χ3n) is 4.12. The fourth-order valence-corrected chi connectivity index (χ4v) is 3.64. The molecule has 1 aromatic carbocycles. The molecule has 1 N–H and O–H groups in total. The first-order chi connectivity index (χ1) is 8.63. The smallest absolute Gasteiger partial charge is 0.184 e. The second-order valence-corrected chi connectivity index (χ2v) is 6.33. The summed E-state index contributed by atoms with van der Waals surface area (Å²) in [6.45, 7) is 4.60. The summed E-state index contributed by atoms with van der Waals surface area (Å²) in [5.41, 5.74) is 0.877. The molecule has 0 aliphatic heterocycles. The van der Waals surface area contributed by atoms with E-state index in [0.717, 1.165) is 21.3 Å². The van der Waals surface area contributed by atoms with E-state index in [4.69, 9.17) is 0 Å². The Hall–Kier alpha value is -1.16. The summed E-state index contributed by atoms with van der Waals surface area (Å²) >= 11 is 1.54. The summed E-state index contributed by atoms with van der Waals surface area (Å²) in [6, 6.07) is 5.27. The fourth-order valence-electron chi connectivity index (χ4n) is 2.69. The molecule has 2 nitrogen and oxygen atoms in total. The number of nitrogens with one attached hydrogen (secondary N) is 1. The lowest BCUT2D eigenvalue weighted by Crippen LogP contribution is -2.23. The molecule has 0 amide bonds. The molecular formula is C14H17FN2S. The normalized spacial score (nSPS) is 27.8. The molecule has 0 radical (unpaired) electrons. The lowest BCUT2D eigenvalue weighted by atomic mass is 9.98. The Morgan fingerprint density at radius 2 is 2.17 bits per heavy atom. The van der Waals surface area contributed by atoms with Gasteiger partial charge in [0, 0.05) is 6.04 Å². The minimum Gasteiger partial charge on any atom is -0.358 e. The molecule has 18 heavy (non-hydrogen) atoms. The van der Waals surface area contributed by atoms with Gasteiger partial charge >= 0.3 is 0 Å². The highest BCUT2D eigenvalue weighted by atomic mass is 32.1. The van der Waals surface area contributed by atoms with Crippen molar-refractivity contribution >= 4 is 26.7 Å². The molecule has 1 aromatic heterocycles. The average Bonchev–Trinajstić information content (AvgIpc) is 2.86. The number of thiazole rings is 1. The molecule has 0 spiro atoms. The van der Waals surface area contributed by atoms with Gasteiger partial charge in [-0.1, -0.05) is 25.2 Å². The van der Waals surface area contributed by atoms with E-state index in [1.165, 1.54) is 30.2 Å². The first-order valence-corrected chi connectivity index (χ1v) is 7.28. The maximum Gasteiger partial charge on any atom is 0.184 e. The number of benzene rings is 1. The van der Waals surface area contributed by atoms with E-state index in [1.54, 1.807) is 12.1 Å². The van der Waals surface area contributed by atoms with Crippen LogP contribution >= 0.6 is 11.3 Å². The third-order valence-corrected chi connectivity index (χ3v) is 5.07. The summed E-state index contributed by atoms with van der Waals surface area (Å²) in [7, 11) is 0. The molecule has 1 aliphatic rings. The van der Waals surface area contributed by atoms with Gasteiger partial charge in [-0.15, -0.1) is 0 Å². The number of hydrogen-bond acceptors (Lipinski definition) is 3. The zero-order valence-electron chi connectivity index (χ0n) is 10.6. The Kier molecular flexibility index (Phi) is 2.98. The first kappa shape index (κ1) is 11.9. The van der Waals surface area contributed by atoms with Gasteiger partial charge in [0.05, 0.1) is 10.2 Å². The van der Waals surface area contributed by atoms with E-state index in [0.29, 0.717) is 12.0 Å². The maximum absolute atomic E-state index is 13.1. The van der Waals surface area contributed by atoms with E-state index in [-0.39, 0.29) is 5.82 Å². The number of halogens is 1. The lowest BCUT2D eigenvalue weighted by molar-refractivity contribution is 0.435. The van der Waals surface area contributed by atoms with E-state index in [2.05, 4.69) is 24.1 Å². The monoisotopic (exact) mass is 264 g/mol. The van der Waals surface area contributed by atoms with Crippen molar-refractivity contribution in [2.24, 2.45) is 11.8 Å². The predicted octanol–water partition coefficient (Wildman–Crippen LogP) is 4.28. The average molecular weight is 264 g/mol. The van der Waals surface area contributed by atoms with Crippen molar-refractivity contribution in [3.8, 4) is 0 Å². The largest absolute Gasteiger partial charge is 0.358 e. The number of nitrogens with zero attached hydrogens (tertiary/aromatic N) is 1. The van der Waals surface area contributed by atoms with Gasteiger partial charge in [-0.2, -0.15) is 0 Å². The molecule has 0 saturated heterocycles. The second-order valence-electron chi connectivity index (χ2n) is 5.30. The highest BCUT2D eigenvalue weighted by molar-refractivity contribution is 7.22. The van der Waals surface area contributed by atoms with Gasteiger partial charge in [-0.05, 0) is 42.9 Å². The molecule has 3 rings (SSSR count). The van der Waals surface area contributed by atoms with Crippen LogP contribution in [-0.2, 0) is 0 Å². The first-order valence-electron chi connectivity index (χ1n) is 6.46. The SMILES string of the molecule is CC1CCC(Nc2nc3ccc(F)cc3s2)C1C. The van der Waals surface area contributed by atoms with Gasteiger partial charge in [0.15, 0.2) is 5.13 Å². The van der Waals surface area contributed by atoms with Crippen LogP contribution in [0.5, 0.6) is 0 Å². The second kappa shape index (κ2) is 4.50. The zero-order valence-corrected chi connectivity index (χ0v) is 11.4. The minimum absolute atomic E-state index is 0.194. The summed E-state index contributed by atoms with van der Waals surface area (Å²) in [4.78, 5) is 4.52. The van der Waals surface area contributed by atoms with E-state index in [1.807, 2.05) is 0 Å². The Morgan fingerprint density at radius 3 is 2.89 bits per heavy atom. The van der Waals surface area contributed by atoms with Crippen molar-refractivity contribution in [2.75, 3.05) is 5.32 Å². The van der Waals surface area contributed by atoms with Crippen LogP contribution in [0.25, 0.3) is 10.2 Å². The van der Waals surface area contributed by atoms with Gasteiger partial charge in [0.1, 0.15) is 5.82 Å². The van der Waals surface area contributed by atoms with Crippen LogP contribution in [0, 0.1) is 17.7 Å². The molecule has 96 valence electrons. The molecule has 1 fully saturated rings. The third kappa shape index (κ3) is 2.09. The predicted molar refractivity (Wildman–Crippen MR) is 74.6 cm³/mol. The van der Waals surface area contributed by atoms with Crippen molar-refractivity contribution in [2.45, 2.75) is 32.7 Å². The quantitative estimate of drug-likeness (QED) is 0.875.